The van der Waals surface area contributed by atoms with E-state index in [-0.39, 0.29) is 17.7 Å². The van der Waals surface area contributed by atoms with Crippen LogP contribution >= 0.6 is 0 Å². The van der Waals surface area contributed by atoms with E-state index in [2.05, 4.69) is 26.1 Å². The Hall–Kier alpha value is -2.04. The maximum absolute atomic E-state index is 12.1. The standard InChI is InChI=1S/C18H25NO4/c1-18(2,3)8-6-14(17(21)22)19-16(20)11-12-4-5-15-13(10-12)7-9-23-15/h4-5,10,14H,6-9,11H2,1-3H3,(H,19,20)(H,21,22). The quantitative estimate of drug-likeness (QED) is 0.845. The second kappa shape index (κ2) is 7.02. The topological polar surface area (TPSA) is 75.6 Å². The zero-order valence-corrected chi connectivity index (χ0v) is 14.0. The molecule has 0 saturated carbocycles. The van der Waals surface area contributed by atoms with Crippen LogP contribution in [0.15, 0.2) is 18.2 Å². The van der Waals surface area contributed by atoms with Crippen LogP contribution in [-0.2, 0) is 22.4 Å². The van der Waals surface area contributed by atoms with Crippen molar-refractivity contribution in [1.29, 1.82) is 0 Å². The lowest BCUT2D eigenvalue weighted by atomic mass is 9.88. The van der Waals surface area contributed by atoms with Gasteiger partial charge in [0.05, 0.1) is 13.0 Å². The number of rotatable bonds is 6. The number of nitrogens with one attached hydrogen (secondary N) is 1. The number of ether oxygens (including phenoxy) is 1. The van der Waals surface area contributed by atoms with Gasteiger partial charge >= 0.3 is 5.97 Å². The van der Waals surface area contributed by atoms with Gasteiger partial charge in [-0.25, -0.2) is 4.79 Å². The first kappa shape index (κ1) is 17.3. The zero-order valence-electron chi connectivity index (χ0n) is 14.0. The SMILES string of the molecule is CC(C)(C)CCC(NC(=O)Cc1ccc2c(c1)CCO2)C(=O)O. The Morgan fingerprint density at radius 2 is 2.09 bits per heavy atom. The van der Waals surface area contributed by atoms with E-state index < -0.39 is 12.0 Å². The summed E-state index contributed by atoms with van der Waals surface area (Å²) in [6, 6.07) is 4.86. The van der Waals surface area contributed by atoms with Gasteiger partial charge in [-0.1, -0.05) is 32.9 Å². The van der Waals surface area contributed by atoms with Crippen LogP contribution in [0.25, 0.3) is 0 Å². The van der Waals surface area contributed by atoms with Gasteiger partial charge < -0.3 is 15.2 Å². The van der Waals surface area contributed by atoms with Crippen molar-refractivity contribution in [1.82, 2.24) is 5.32 Å². The molecule has 1 aromatic rings. The van der Waals surface area contributed by atoms with E-state index in [1.807, 2.05) is 18.2 Å². The summed E-state index contributed by atoms with van der Waals surface area (Å²) in [7, 11) is 0. The van der Waals surface area contributed by atoms with Crippen LogP contribution in [0.3, 0.4) is 0 Å². The summed E-state index contributed by atoms with van der Waals surface area (Å²) in [5, 5.41) is 11.9. The molecule has 0 bridgehead atoms. The minimum atomic E-state index is -0.982. The summed E-state index contributed by atoms with van der Waals surface area (Å²) in [5.74, 6) is -0.363. The highest BCUT2D eigenvalue weighted by Crippen LogP contribution is 2.26. The molecule has 5 nitrogen and oxygen atoms in total. The molecule has 0 saturated heterocycles. The third-order valence-corrected chi connectivity index (χ3v) is 3.93. The summed E-state index contributed by atoms with van der Waals surface area (Å²) in [6.45, 7) is 6.85. The van der Waals surface area contributed by atoms with Crippen LogP contribution in [0.4, 0.5) is 0 Å². The lowest BCUT2D eigenvalue weighted by molar-refractivity contribution is -0.142. The monoisotopic (exact) mass is 319 g/mol. The van der Waals surface area contributed by atoms with Crippen LogP contribution < -0.4 is 10.1 Å². The van der Waals surface area contributed by atoms with Gasteiger partial charge in [-0.05, 0) is 35.4 Å². The number of amides is 1. The molecule has 0 aliphatic carbocycles. The first-order valence-corrected chi connectivity index (χ1v) is 8.01. The van der Waals surface area contributed by atoms with Crippen molar-refractivity contribution in [3.63, 3.8) is 0 Å². The molecule has 1 aliphatic heterocycles. The Kier molecular flexibility index (Phi) is 5.29. The predicted octanol–water partition coefficient (Wildman–Crippen LogP) is 2.56. The molecule has 2 N–H and O–H groups in total. The first-order valence-electron chi connectivity index (χ1n) is 8.01. The fourth-order valence-electron chi connectivity index (χ4n) is 2.62. The molecule has 0 aromatic heterocycles. The molecule has 2 rings (SSSR count). The maximum atomic E-state index is 12.1. The van der Waals surface area contributed by atoms with Crippen LogP contribution in [0.2, 0.25) is 0 Å². The van der Waals surface area contributed by atoms with Crippen molar-refractivity contribution in [2.24, 2.45) is 5.41 Å². The molecule has 23 heavy (non-hydrogen) atoms. The lowest BCUT2D eigenvalue weighted by Gasteiger charge is -2.21. The van der Waals surface area contributed by atoms with E-state index in [1.54, 1.807) is 0 Å². The molecule has 1 amide bonds. The zero-order chi connectivity index (χ0) is 17.0. The summed E-state index contributed by atoms with van der Waals surface area (Å²) in [4.78, 5) is 23.5. The third kappa shape index (κ3) is 5.27. The van der Waals surface area contributed by atoms with E-state index in [1.165, 1.54) is 0 Å². The van der Waals surface area contributed by atoms with Crippen LogP contribution in [0.5, 0.6) is 5.75 Å². The summed E-state index contributed by atoms with van der Waals surface area (Å²) in [6.07, 6.45) is 2.21. The molecule has 1 unspecified atom stereocenters. The molecule has 1 aliphatic rings. The highest BCUT2D eigenvalue weighted by molar-refractivity contribution is 5.84. The van der Waals surface area contributed by atoms with Gasteiger partial charge in [-0.15, -0.1) is 0 Å². The molecule has 0 spiro atoms. The van der Waals surface area contributed by atoms with E-state index >= 15 is 0 Å². The van der Waals surface area contributed by atoms with Crippen LogP contribution in [0, 0.1) is 5.41 Å². The van der Waals surface area contributed by atoms with Crippen molar-refractivity contribution in [3.8, 4) is 5.75 Å². The number of carbonyl (C=O) groups excluding carboxylic acids is 1. The molecule has 1 atom stereocenters. The average Bonchev–Trinajstić information content (AvgIpc) is 2.89. The van der Waals surface area contributed by atoms with E-state index in [0.717, 1.165) is 29.7 Å². The van der Waals surface area contributed by atoms with Gasteiger partial charge in [0.2, 0.25) is 5.91 Å². The molecular formula is C18H25NO4. The van der Waals surface area contributed by atoms with Crippen molar-refractivity contribution < 1.29 is 19.4 Å². The van der Waals surface area contributed by atoms with Gasteiger partial charge in [0.25, 0.3) is 0 Å². The molecule has 5 heteroatoms. The predicted molar refractivity (Wildman–Crippen MR) is 87.6 cm³/mol. The minimum absolute atomic E-state index is 0.0401. The minimum Gasteiger partial charge on any atom is -0.493 e. The second-order valence-electron chi connectivity index (χ2n) is 7.27. The van der Waals surface area contributed by atoms with Crippen molar-refractivity contribution in [2.75, 3.05) is 6.61 Å². The largest absolute Gasteiger partial charge is 0.493 e. The highest BCUT2D eigenvalue weighted by Gasteiger charge is 2.23. The Morgan fingerprint density at radius 3 is 2.74 bits per heavy atom. The number of carboxylic acid groups (broad SMARTS) is 1. The summed E-state index contributed by atoms with van der Waals surface area (Å²) >= 11 is 0. The van der Waals surface area contributed by atoms with Gasteiger partial charge in [0.15, 0.2) is 0 Å². The van der Waals surface area contributed by atoms with E-state index in [0.29, 0.717) is 13.0 Å². The molecule has 1 aromatic carbocycles. The average molecular weight is 319 g/mol. The molecular weight excluding hydrogens is 294 g/mol. The Bertz CT molecular complexity index is 589. The fraction of sp³-hybridized carbons (Fsp3) is 0.556. The smallest absolute Gasteiger partial charge is 0.326 e. The lowest BCUT2D eigenvalue weighted by Crippen LogP contribution is -2.42. The Labute approximate surface area is 137 Å². The molecule has 0 fully saturated rings. The number of carboxylic acids is 1. The van der Waals surface area contributed by atoms with Crippen LogP contribution in [-0.4, -0.2) is 29.6 Å². The van der Waals surface area contributed by atoms with Crippen molar-refractivity contribution in [2.45, 2.75) is 52.5 Å². The van der Waals surface area contributed by atoms with E-state index in [4.69, 9.17) is 4.74 Å². The fourth-order valence-corrected chi connectivity index (χ4v) is 2.62. The highest BCUT2D eigenvalue weighted by atomic mass is 16.5. The molecule has 0 radical (unpaired) electrons. The number of fused-ring (bicyclic) bond motifs is 1. The number of benzene rings is 1. The number of aliphatic carboxylic acids is 1. The van der Waals surface area contributed by atoms with Crippen LogP contribution in [0.1, 0.15) is 44.7 Å². The van der Waals surface area contributed by atoms with Gasteiger partial charge in [-0.2, -0.15) is 0 Å². The normalized spacial score (nSPS) is 14.7. The van der Waals surface area contributed by atoms with Gasteiger partial charge in [-0.3, -0.25) is 4.79 Å². The Balaban J connectivity index is 1.92. The molecule has 1 heterocycles. The first-order chi connectivity index (χ1) is 10.7. The number of hydrogen-bond donors (Lipinski definition) is 2. The second-order valence-corrected chi connectivity index (χ2v) is 7.27. The van der Waals surface area contributed by atoms with Gasteiger partial charge in [0.1, 0.15) is 11.8 Å². The Morgan fingerprint density at radius 1 is 1.35 bits per heavy atom. The van der Waals surface area contributed by atoms with Crippen molar-refractivity contribution in [3.05, 3.63) is 29.3 Å². The van der Waals surface area contributed by atoms with Gasteiger partial charge in [0, 0.05) is 6.42 Å². The third-order valence-electron chi connectivity index (χ3n) is 3.93. The number of hydrogen-bond acceptors (Lipinski definition) is 3. The molecule has 126 valence electrons. The summed E-state index contributed by atoms with van der Waals surface area (Å²) in [5.41, 5.74) is 2.03. The number of carbonyl (C=O) groups is 2. The maximum Gasteiger partial charge on any atom is 0.326 e. The summed E-state index contributed by atoms with van der Waals surface area (Å²) < 4.78 is 5.44. The van der Waals surface area contributed by atoms with Crippen molar-refractivity contribution >= 4 is 11.9 Å². The van der Waals surface area contributed by atoms with E-state index in [9.17, 15) is 14.7 Å².